The van der Waals surface area contributed by atoms with E-state index in [0.29, 0.717) is 0 Å². The van der Waals surface area contributed by atoms with Gasteiger partial charge >= 0.3 is 0 Å². The second kappa shape index (κ2) is 4.56. The highest BCUT2D eigenvalue weighted by Crippen LogP contribution is 2.29. The molecule has 0 spiro atoms. The van der Waals surface area contributed by atoms with Crippen LogP contribution in [-0.4, -0.2) is 5.11 Å². The lowest BCUT2D eigenvalue weighted by Gasteiger charge is -2.12. The summed E-state index contributed by atoms with van der Waals surface area (Å²) in [7, 11) is 0. The van der Waals surface area contributed by atoms with E-state index in [4.69, 9.17) is 0 Å². The Kier molecular flexibility index (Phi) is 2.90. The Bertz CT molecular complexity index is 684. The molecule has 2 aromatic carbocycles. The van der Waals surface area contributed by atoms with Crippen molar-refractivity contribution >= 4 is 22.1 Å². The molecule has 90 valence electrons. The molecule has 1 nitrogen and oxygen atoms in total. The molecule has 0 aliphatic rings. The zero-order valence-corrected chi connectivity index (χ0v) is 10.9. The second-order valence-electron chi connectivity index (χ2n) is 4.44. The fourth-order valence-corrected chi connectivity index (χ4v) is 2.97. The maximum Gasteiger partial charge on any atom is 0.105 e. The third-order valence-corrected chi connectivity index (χ3v) is 4.14. The average molecular weight is 254 g/mol. The van der Waals surface area contributed by atoms with Crippen LogP contribution >= 0.6 is 11.3 Å². The minimum Gasteiger partial charge on any atom is -0.384 e. The van der Waals surface area contributed by atoms with Gasteiger partial charge in [0.05, 0.1) is 0 Å². The SMILES string of the molecule is Cc1sccc1C(O)c1ccc2ccccc2c1. The zero-order valence-electron chi connectivity index (χ0n) is 10.1. The number of rotatable bonds is 2. The van der Waals surface area contributed by atoms with Gasteiger partial charge in [0, 0.05) is 4.88 Å². The van der Waals surface area contributed by atoms with Gasteiger partial charge in [-0.05, 0) is 46.3 Å². The van der Waals surface area contributed by atoms with E-state index >= 15 is 0 Å². The largest absolute Gasteiger partial charge is 0.384 e. The fraction of sp³-hybridized carbons (Fsp3) is 0.125. The number of benzene rings is 2. The Morgan fingerprint density at radius 1 is 1.00 bits per heavy atom. The lowest BCUT2D eigenvalue weighted by molar-refractivity contribution is 0.220. The average Bonchev–Trinajstić information content (AvgIpc) is 2.83. The normalized spacial score (nSPS) is 12.8. The van der Waals surface area contributed by atoms with Crippen molar-refractivity contribution < 1.29 is 5.11 Å². The van der Waals surface area contributed by atoms with Crippen LogP contribution in [0.3, 0.4) is 0 Å². The van der Waals surface area contributed by atoms with Gasteiger partial charge in [-0.15, -0.1) is 11.3 Å². The van der Waals surface area contributed by atoms with Crippen molar-refractivity contribution in [2.24, 2.45) is 0 Å². The predicted molar refractivity (Wildman–Crippen MR) is 77.1 cm³/mol. The van der Waals surface area contributed by atoms with Gasteiger partial charge in [-0.2, -0.15) is 0 Å². The Morgan fingerprint density at radius 3 is 2.50 bits per heavy atom. The Hall–Kier alpha value is -1.64. The lowest BCUT2D eigenvalue weighted by Crippen LogP contribution is -1.99. The molecule has 0 saturated heterocycles. The number of thiophene rings is 1. The van der Waals surface area contributed by atoms with Crippen LogP contribution in [0, 0.1) is 6.92 Å². The van der Waals surface area contributed by atoms with Crippen LogP contribution in [0.1, 0.15) is 22.1 Å². The maximum absolute atomic E-state index is 10.4. The molecule has 0 amide bonds. The summed E-state index contributed by atoms with van der Waals surface area (Å²) >= 11 is 1.67. The lowest BCUT2D eigenvalue weighted by atomic mass is 9.99. The summed E-state index contributed by atoms with van der Waals surface area (Å²) in [6, 6.07) is 16.3. The molecule has 1 heterocycles. The first-order valence-corrected chi connectivity index (χ1v) is 6.84. The minimum absolute atomic E-state index is 0.527. The molecule has 0 aliphatic carbocycles. The van der Waals surface area contributed by atoms with Crippen molar-refractivity contribution in [2.45, 2.75) is 13.0 Å². The van der Waals surface area contributed by atoms with Crippen LogP contribution in [0.5, 0.6) is 0 Å². The summed E-state index contributed by atoms with van der Waals surface area (Å²) in [5, 5.41) is 14.8. The van der Waals surface area contributed by atoms with Gasteiger partial charge < -0.3 is 5.11 Å². The Morgan fingerprint density at radius 2 is 1.78 bits per heavy atom. The summed E-state index contributed by atoms with van der Waals surface area (Å²) in [5.74, 6) is 0. The van der Waals surface area contributed by atoms with Gasteiger partial charge in [-0.1, -0.05) is 36.4 Å². The highest BCUT2D eigenvalue weighted by molar-refractivity contribution is 7.10. The number of hydrogen-bond acceptors (Lipinski definition) is 2. The van der Waals surface area contributed by atoms with Gasteiger partial charge in [-0.3, -0.25) is 0 Å². The molecule has 0 bridgehead atoms. The molecule has 18 heavy (non-hydrogen) atoms. The standard InChI is InChI=1S/C16H14OS/c1-11-15(8-9-18-11)16(17)14-7-6-12-4-2-3-5-13(12)10-14/h2-10,16-17H,1H3. The molecule has 3 rings (SSSR count). The van der Waals surface area contributed by atoms with E-state index < -0.39 is 6.10 Å². The molecule has 0 aliphatic heterocycles. The van der Waals surface area contributed by atoms with Crippen LogP contribution in [-0.2, 0) is 0 Å². The van der Waals surface area contributed by atoms with Crippen molar-refractivity contribution in [3.05, 3.63) is 69.9 Å². The first-order chi connectivity index (χ1) is 8.75. The maximum atomic E-state index is 10.4. The van der Waals surface area contributed by atoms with Crippen LogP contribution in [0.2, 0.25) is 0 Å². The van der Waals surface area contributed by atoms with Crippen LogP contribution in [0.25, 0.3) is 10.8 Å². The van der Waals surface area contributed by atoms with Crippen molar-refractivity contribution in [1.82, 2.24) is 0 Å². The molecule has 1 unspecified atom stereocenters. The number of aliphatic hydroxyl groups excluding tert-OH is 1. The van der Waals surface area contributed by atoms with Gasteiger partial charge in [0.2, 0.25) is 0 Å². The van der Waals surface area contributed by atoms with Crippen molar-refractivity contribution in [3.8, 4) is 0 Å². The van der Waals surface area contributed by atoms with Gasteiger partial charge in [0.15, 0.2) is 0 Å². The summed E-state index contributed by atoms with van der Waals surface area (Å²) < 4.78 is 0. The zero-order chi connectivity index (χ0) is 12.5. The Labute approximate surface area is 110 Å². The summed E-state index contributed by atoms with van der Waals surface area (Å²) in [6.07, 6.45) is -0.527. The highest BCUT2D eigenvalue weighted by atomic mass is 32.1. The molecule has 1 atom stereocenters. The van der Waals surface area contributed by atoms with Gasteiger partial charge in [0.25, 0.3) is 0 Å². The molecule has 3 aromatic rings. The molecule has 1 aromatic heterocycles. The highest BCUT2D eigenvalue weighted by Gasteiger charge is 2.13. The van der Waals surface area contributed by atoms with E-state index in [9.17, 15) is 5.11 Å². The molecule has 1 N–H and O–H groups in total. The van der Waals surface area contributed by atoms with Gasteiger partial charge in [-0.25, -0.2) is 0 Å². The summed E-state index contributed by atoms with van der Waals surface area (Å²) in [6.45, 7) is 2.05. The third-order valence-electron chi connectivity index (χ3n) is 3.28. The topological polar surface area (TPSA) is 20.2 Å². The van der Waals surface area contributed by atoms with E-state index in [-0.39, 0.29) is 0 Å². The molecule has 0 radical (unpaired) electrons. The predicted octanol–water partition coefficient (Wildman–Crippen LogP) is 4.29. The molecular formula is C16H14OS. The molecule has 0 fully saturated rings. The van der Waals surface area contributed by atoms with E-state index in [1.165, 1.54) is 15.6 Å². The monoisotopic (exact) mass is 254 g/mol. The third kappa shape index (κ3) is 1.94. The van der Waals surface area contributed by atoms with E-state index in [1.54, 1.807) is 11.3 Å². The molecule has 0 saturated carbocycles. The van der Waals surface area contributed by atoms with Gasteiger partial charge in [0.1, 0.15) is 6.10 Å². The minimum atomic E-state index is -0.527. The first-order valence-electron chi connectivity index (χ1n) is 5.96. The van der Waals surface area contributed by atoms with Crippen LogP contribution < -0.4 is 0 Å². The first kappa shape index (κ1) is 11.5. The summed E-state index contributed by atoms with van der Waals surface area (Å²) in [5.41, 5.74) is 1.96. The van der Waals surface area contributed by atoms with Crippen LogP contribution in [0.15, 0.2) is 53.9 Å². The van der Waals surface area contributed by atoms with E-state index in [0.717, 1.165) is 11.1 Å². The van der Waals surface area contributed by atoms with E-state index in [1.807, 2.05) is 36.6 Å². The van der Waals surface area contributed by atoms with E-state index in [2.05, 4.69) is 24.3 Å². The van der Waals surface area contributed by atoms with Crippen molar-refractivity contribution in [1.29, 1.82) is 0 Å². The second-order valence-corrected chi connectivity index (χ2v) is 5.56. The fourth-order valence-electron chi connectivity index (χ4n) is 2.24. The van der Waals surface area contributed by atoms with Crippen molar-refractivity contribution in [2.75, 3.05) is 0 Å². The number of aliphatic hydroxyl groups is 1. The smallest absolute Gasteiger partial charge is 0.105 e. The number of aryl methyl sites for hydroxylation is 1. The molecule has 2 heteroatoms. The quantitative estimate of drug-likeness (QED) is 0.723. The van der Waals surface area contributed by atoms with Crippen LogP contribution in [0.4, 0.5) is 0 Å². The molecular weight excluding hydrogens is 240 g/mol. The number of hydrogen-bond donors (Lipinski definition) is 1. The Balaban J connectivity index is 2.07. The van der Waals surface area contributed by atoms with Crippen molar-refractivity contribution in [3.63, 3.8) is 0 Å². The number of fused-ring (bicyclic) bond motifs is 1. The summed E-state index contributed by atoms with van der Waals surface area (Å²) in [4.78, 5) is 1.18.